The molecule has 1 aliphatic heterocycles. The van der Waals surface area contributed by atoms with Crippen LogP contribution < -0.4 is 10.1 Å². The minimum absolute atomic E-state index is 0.0328. The lowest BCUT2D eigenvalue weighted by Crippen LogP contribution is -2.24. The molecule has 0 unspecified atom stereocenters. The average molecular weight is 360 g/mol. The maximum Gasteiger partial charge on any atom is 0.341 e. The summed E-state index contributed by atoms with van der Waals surface area (Å²) in [6, 6.07) is 4.02. The van der Waals surface area contributed by atoms with Crippen molar-refractivity contribution in [3.05, 3.63) is 52.7 Å². The molecule has 0 saturated heterocycles. The highest BCUT2D eigenvalue weighted by atomic mass is 19.1. The summed E-state index contributed by atoms with van der Waals surface area (Å²) in [5.74, 6) is -1.61. The van der Waals surface area contributed by atoms with Crippen LogP contribution in [0.2, 0.25) is 0 Å². The van der Waals surface area contributed by atoms with Crippen LogP contribution in [0.1, 0.15) is 32.0 Å². The average Bonchev–Trinajstić information content (AvgIpc) is 3.19. The van der Waals surface area contributed by atoms with Gasteiger partial charge in [0.05, 0.1) is 12.1 Å². The number of H-pyrrole nitrogens is 1. The van der Waals surface area contributed by atoms with Crippen molar-refractivity contribution in [1.29, 1.82) is 0 Å². The Hall–Kier alpha value is -3.33. The van der Waals surface area contributed by atoms with Crippen molar-refractivity contribution in [3.63, 3.8) is 0 Å². The maximum atomic E-state index is 13.7. The maximum absolute atomic E-state index is 13.7. The third-order valence-corrected chi connectivity index (χ3v) is 4.02. The number of carboxylic acids is 1. The van der Waals surface area contributed by atoms with Gasteiger partial charge in [0.1, 0.15) is 29.1 Å². The molecule has 0 saturated carbocycles. The van der Waals surface area contributed by atoms with Crippen molar-refractivity contribution >= 4 is 23.0 Å². The first-order valence-electron chi connectivity index (χ1n) is 7.66. The molecule has 1 aliphatic rings. The molecule has 1 aromatic carbocycles. The van der Waals surface area contributed by atoms with Crippen LogP contribution in [-0.2, 0) is 17.9 Å². The predicted molar refractivity (Wildman–Crippen MR) is 85.4 cm³/mol. The number of aromatic amines is 1. The van der Waals surface area contributed by atoms with Crippen LogP contribution in [-0.4, -0.2) is 28.8 Å². The molecular weight excluding hydrogens is 347 g/mol. The molecule has 0 aliphatic carbocycles. The van der Waals surface area contributed by atoms with E-state index in [4.69, 9.17) is 19.0 Å². The fourth-order valence-corrected chi connectivity index (χ4v) is 2.85. The van der Waals surface area contributed by atoms with E-state index in [9.17, 15) is 14.0 Å². The molecule has 26 heavy (non-hydrogen) atoms. The first-order valence-corrected chi connectivity index (χ1v) is 7.66. The second-order valence-electron chi connectivity index (χ2n) is 5.72. The van der Waals surface area contributed by atoms with Gasteiger partial charge in [-0.3, -0.25) is 4.79 Å². The second-order valence-corrected chi connectivity index (χ2v) is 5.72. The minimum Gasteiger partial charge on any atom is -0.477 e. The number of hydrogen-bond donors (Lipinski definition) is 3. The summed E-state index contributed by atoms with van der Waals surface area (Å²) in [6.45, 7) is 0.328. The molecule has 1 amide bonds. The van der Waals surface area contributed by atoms with Crippen LogP contribution in [0.3, 0.4) is 0 Å². The van der Waals surface area contributed by atoms with Gasteiger partial charge >= 0.3 is 5.97 Å². The molecule has 0 radical (unpaired) electrons. The number of carboxylic acid groups (broad SMARTS) is 1. The molecule has 4 rings (SSSR count). The van der Waals surface area contributed by atoms with Crippen molar-refractivity contribution in [1.82, 2.24) is 10.3 Å². The lowest BCUT2D eigenvalue weighted by atomic mass is 10.1. The monoisotopic (exact) mass is 360 g/mol. The summed E-state index contributed by atoms with van der Waals surface area (Å²) in [5.41, 5.74) is 1.62. The number of hydrogen-bond acceptors (Lipinski definition) is 5. The molecule has 0 atom stereocenters. The van der Waals surface area contributed by atoms with Gasteiger partial charge in [0, 0.05) is 23.7 Å². The van der Waals surface area contributed by atoms with Gasteiger partial charge in [-0.25, -0.2) is 9.18 Å². The Morgan fingerprint density at radius 2 is 2.15 bits per heavy atom. The number of rotatable bonds is 4. The summed E-state index contributed by atoms with van der Waals surface area (Å²) < 4.78 is 29.4. The van der Waals surface area contributed by atoms with Crippen molar-refractivity contribution in [2.45, 2.75) is 13.2 Å². The number of ether oxygens (including phenoxy) is 2. The number of nitrogens with one attached hydrogen (secondary N) is 2. The van der Waals surface area contributed by atoms with Crippen LogP contribution in [0.4, 0.5) is 4.39 Å². The van der Waals surface area contributed by atoms with E-state index in [1.165, 1.54) is 18.2 Å². The molecule has 3 N–H and O–H groups in total. The molecule has 2 aromatic heterocycles. The Labute approximate surface area is 145 Å². The van der Waals surface area contributed by atoms with Crippen LogP contribution in [0, 0.1) is 5.82 Å². The zero-order valence-electron chi connectivity index (χ0n) is 13.3. The summed E-state index contributed by atoms with van der Waals surface area (Å²) in [5, 5.41) is 11.7. The van der Waals surface area contributed by atoms with Crippen molar-refractivity contribution < 1.29 is 33.0 Å². The first-order chi connectivity index (χ1) is 12.5. The van der Waals surface area contributed by atoms with Gasteiger partial charge in [0.2, 0.25) is 0 Å². The third kappa shape index (κ3) is 2.78. The number of carbonyl (C=O) groups excluding carboxylic acids is 1. The Kier molecular flexibility index (Phi) is 3.85. The van der Waals surface area contributed by atoms with E-state index < -0.39 is 17.7 Å². The van der Waals surface area contributed by atoms with Gasteiger partial charge in [-0.1, -0.05) is 0 Å². The zero-order chi connectivity index (χ0) is 18.3. The quantitative estimate of drug-likeness (QED) is 0.658. The highest BCUT2D eigenvalue weighted by Crippen LogP contribution is 2.29. The van der Waals surface area contributed by atoms with Crippen molar-refractivity contribution in [2.75, 3.05) is 6.79 Å². The fraction of sp³-hybridized carbons (Fsp3) is 0.176. The van der Waals surface area contributed by atoms with Gasteiger partial charge in [-0.05, 0) is 12.1 Å². The summed E-state index contributed by atoms with van der Waals surface area (Å²) >= 11 is 0. The number of amides is 1. The highest BCUT2D eigenvalue weighted by molar-refractivity contribution is 6.04. The van der Waals surface area contributed by atoms with Gasteiger partial charge in [-0.2, -0.15) is 0 Å². The summed E-state index contributed by atoms with van der Waals surface area (Å²) in [7, 11) is 0. The van der Waals surface area contributed by atoms with Gasteiger partial charge in [0.15, 0.2) is 12.4 Å². The SMILES string of the molecule is O=C(NCc1cc(F)cc2c1OCOC2)c1cc2occ(C(=O)O)c2[nH]1. The number of benzene rings is 1. The van der Waals surface area contributed by atoms with Crippen LogP contribution in [0.25, 0.3) is 11.1 Å². The largest absolute Gasteiger partial charge is 0.477 e. The van der Waals surface area contributed by atoms with Crippen molar-refractivity contribution in [2.24, 2.45) is 0 Å². The summed E-state index contributed by atoms with van der Waals surface area (Å²) in [6.07, 6.45) is 1.10. The molecule has 0 fully saturated rings. The number of halogens is 1. The number of aromatic carboxylic acids is 1. The molecule has 3 heterocycles. The topological polar surface area (TPSA) is 114 Å². The van der Waals surface area contributed by atoms with Crippen LogP contribution in [0.15, 0.2) is 28.9 Å². The predicted octanol–water partition coefficient (Wildman–Crippen LogP) is 2.39. The molecule has 9 heteroatoms. The van der Waals surface area contributed by atoms with Crippen LogP contribution >= 0.6 is 0 Å². The molecule has 0 spiro atoms. The van der Waals surface area contributed by atoms with E-state index in [1.54, 1.807) is 0 Å². The number of carbonyl (C=O) groups is 2. The van der Waals surface area contributed by atoms with Gasteiger partial charge < -0.3 is 29.3 Å². The van der Waals surface area contributed by atoms with E-state index in [-0.39, 0.29) is 42.3 Å². The Bertz CT molecular complexity index is 1020. The molecular formula is C17H13FN2O6. The first kappa shape index (κ1) is 16.2. The van der Waals surface area contributed by atoms with Gasteiger partial charge in [0.25, 0.3) is 5.91 Å². The lowest BCUT2D eigenvalue weighted by molar-refractivity contribution is -0.0173. The Balaban J connectivity index is 1.54. The normalized spacial score (nSPS) is 13.3. The molecule has 3 aromatic rings. The van der Waals surface area contributed by atoms with E-state index in [0.717, 1.165) is 6.26 Å². The number of fused-ring (bicyclic) bond motifs is 2. The standard InChI is InChI=1S/C17H13FN2O6/c18-10-1-8(15-9(2-10)5-24-7-26-15)4-19-16(21)12-3-13-14(20-12)11(6-25-13)17(22)23/h1-3,6,20H,4-5,7H2,(H,19,21)(H,22,23). The highest BCUT2D eigenvalue weighted by Gasteiger charge is 2.20. The number of furan rings is 1. The molecule has 0 bridgehead atoms. The Morgan fingerprint density at radius 3 is 2.96 bits per heavy atom. The van der Waals surface area contributed by atoms with Crippen LogP contribution in [0.5, 0.6) is 5.75 Å². The minimum atomic E-state index is -1.16. The lowest BCUT2D eigenvalue weighted by Gasteiger charge is -2.21. The van der Waals surface area contributed by atoms with Gasteiger partial charge in [-0.15, -0.1) is 0 Å². The molecule has 8 nitrogen and oxygen atoms in total. The number of aromatic nitrogens is 1. The van der Waals surface area contributed by atoms with E-state index in [1.807, 2.05) is 0 Å². The van der Waals surface area contributed by atoms with E-state index in [0.29, 0.717) is 16.9 Å². The summed E-state index contributed by atoms with van der Waals surface area (Å²) in [4.78, 5) is 26.1. The molecule has 134 valence electrons. The van der Waals surface area contributed by atoms with E-state index in [2.05, 4.69) is 10.3 Å². The van der Waals surface area contributed by atoms with Crippen molar-refractivity contribution in [3.8, 4) is 5.75 Å². The fourth-order valence-electron chi connectivity index (χ4n) is 2.85. The zero-order valence-corrected chi connectivity index (χ0v) is 13.3. The van der Waals surface area contributed by atoms with E-state index >= 15 is 0 Å². The Morgan fingerprint density at radius 1 is 1.31 bits per heavy atom. The smallest absolute Gasteiger partial charge is 0.341 e. The second kappa shape index (κ2) is 6.19. The third-order valence-electron chi connectivity index (χ3n) is 4.02.